The Bertz CT molecular complexity index is 1430. The van der Waals surface area contributed by atoms with Gasteiger partial charge in [0.2, 0.25) is 10.0 Å². The van der Waals surface area contributed by atoms with E-state index in [1.807, 2.05) is 63.2 Å². The highest BCUT2D eigenvalue weighted by Crippen LogP contribution is 2.49. The number of carbonyl (C=O) groups excluding carboxylic acids is 1. The van der Waals surface area contributed by atoms with Crippen molar-refractivity contribution in [3.8, 4) is 22.6 Å². The number of ether oxygens (including phenoxy) is 3. The van der Waals surface area contributed by atoms with Crippen LogP contribution in [0.4, 0.5) is 0 Å². The van der Waals surface area contributed by atoms with Gasteiger partial charge in [0.25, 0.3) is 0 Å². The van der Waals surface area contributed by atoms with Crippen molar-refractivity contribution in [1.29, 1.82) is 0 Å². The fraction of sp³-hybridized carbons (Fsp3) is 0.367. The number of fused-ring (bicyclic) bond motifs is 3. The van der Waals surface area contributed by atoms with Crippen molar-refractivity contribution < 1.29 is 27.4 Å². The molecule has 1 aliphatic heterocycles. The molecule has 8 heteroatoms. The van der Waals surface area contributed by atoms with E-state index in [9.17, 15) is 13.2 Å². The third-order valence-corrected chi connectivity index (χ3v) is 7.57. The van der Waals surface area contributed by atoms with E-state index in [2.05, 4.69) is 12.1 Å². The molecule has 0 fully saturated rings. The van der Waals surface area contributed by atoms with Crippen LogP contribution in [0.15, 0.2) is 60.7 Å². The maximum absolute atomic E-state index is 12.3. The van der Waals surface area contributed by atoms with Crippen LogP contribution >= 0.6 is 0 Å². The van der Waals surface area contributed by atoms with E-state index in [-0.39, 0.29) is 11.7 Å². The van der Waals surface area contributed by atoms with Gasteiger partial charge in [0, 0.05) is 5.56 Å². The molecular formula is C30H35NO6S. The minimum atomic E-state index is -3.70. The first-order valence-corrected chi connectivity index (χ1v) is 14.5. The van der Waals surface area contributed by atoms with E-state index in [0.717, 1.165) is 40.7 Å². The monoisotopic (exact) mass is 537 g/mol. The summed E-state index contributed by atoms with van der Waals surface area (Å²) in [6.45, 7) is 6.02. The topological polar surface area (TPSA) is 105 Å². The van der Waals surface area contributed by atoms with Gasteiger partial charge in [-0.25, -0.2) is 13.6 Å². The predicted octanol–water partition coefficient (Wildman–Crippen LogP) is 5.54. The zero-order chi connectivity index (χ0) is 27.5. The van der Waals surface area contributed by atoms with E-state index in [4.69, 9.17) is 19.3 Å². The molecule has 1 unspecified atom stereocenters. The predicted molar refractivity (Wildman–Crippen MR) is 148 cm³/mol. The first-order chi connectivity index (χ1) is 18.0. The SMILES string of the molecule is CCOC(=O)C(C)(C)CCCc1cccc(C2Oc3cccc(OC)c3-c3ccc(CS(N)(=O)=O)cc32)c1. The molecule has 3 aromatic carbocycles. The van der Waals surface area contributed by atoms with Crippen LogP contribution in [0.25, 0.3) is 11.1 Å². The standard InChI is InChI=1S/C30H35NO6S/c1-5-36-29(32)30(2,3)16-8-10-20-9-6-11-22(17-20)28-24-18-21(19-38(31,33)34)14-15-23(24)27-25(35-4)12-7-13-26(27)37-28/h6-7,9,11-15,17-18,28H,5,8,10,16,19H2,1-4H3,(H2,31,33,34). The van der Waals surface area contributed by atoms with Crippen LogP contribution in [-0.4, -0.2) is 28.1 Å². The van der Waals surface area contributed by atoms with Crippen molar-refractivity contribution in [1.82, 2.24) is 0 Å². The number of methoxy groups -OCH3 is 1. The summed E-state index contributed by atoms with van der Waals surface area (Å²) in [5.74, 6) is 0.939. The highest BCUT2D eigenvalue weighted by Gasteiger charge is 2.31. The lowest BCUT2D eigenvalue weighted by molar-refractivity contribution is -0.153. The minimum Gasteiger partial charge on any atom is -0.496 e. The van der Waals surface area contributed by atoms with Gasteiger partial charge in [0.05, 0.1) is 30.4 Å². The fourth-order valence-corrected chi connectivity index (χ4v) is 5.58. The highest BCUT2D eigenvalue weighted by molar-refractivity contribution is 7.88. The van der Waals surface area contributed by atoms with Crippen molar-refractivity contribution in [2.45, 2.75) is 51.9 Å². The summed E-state index contributed by atoms with van der Waals surface area (Å²) in [6.07, 6.45) is 1.89. The van der Waals surface area contributed by atoms with Gasteiger partial charge in [-0.05, 0) is 74.4 Å². The average Bonchev–Trinajstić information content (AvgIpc) is 2.87. The van der Waals surface area contributed by atoms with Gasteiger partial charge in [0.15, 0.2) is 0 Å². The van der Waals surface area contributed by atoms with Gasteiger partial charge in [-0.2, -0.15) is 0 Å². The van der Waals surface area contributed by atoms with E-state index in [0.29, 0.717) is 30.1 Å². The van der Waals surface area contributed by atoms with Crippen molar-refractivity contribution in [2.24, 2.45) is 10.6 Å². The van der Waals surface area contributed by atoms with Crippen LogP contribution < -0.4 is 14.6 Å². The molecule has 0 radical (unpaired) electrons. The van der Waals surface area contributed by atoms with Crippen molar-refractivity contribution in [3.63, 3.8) is 0 Å². The molecule has 1 heterocycles. The van der Waals surface area contributed by atoms with Crippen LogP contribution in [0.5, 0.6) is 11.5 Å². The molecule has 2 N–H and O–H groups in total. The molecule has 0 amide bonds. The van der Waals surface area contributed by atoms with Gasteiger partial charge < -0.3 is 14.2 Å². The highest BCUT2D eigenvalue weighted by atomic mass is 32.2. The first kappa shape index (κ1) is 27.7. The smallest absolute Gasteiger partial charge is 0.311 e. The summed E-state index contributed by atoms with van der Waals surface area (Å²) in [5.41, 5.74) is 4.74. The molecule has 0 spiro atoms. The maximum atomic E-state index is 12.3. The first-order valence-electron chi connectivity index (χ1n) is 12.8. The van der Waals surface area contributed by atoms with Crippen molar-refractivity contribution in [3.05, 3.63) is 82.9 Å². The largest absolute Gasteiger partial charge is 0.496 e. The molecule has 0 saturated heterocycles. The Morgan fingerprint density at radius 2 is 1.82 bits per heavy atom. The minimum absolute atomic E-state index is 0.176. The van der Waals surface area contributed by atoms with Crippen LogP contribution in [0, 0.1) is 5.41 Å². The van der Waals surface area contributed by atoms with Gasteiger partial charge in [-0.15, -0.1) is 0 Å². The van der Waals surface area contributed by atoms with Gasteiger partial charge >= 0.3 is 5.97 Å². The Morgan fingerprint density at radius 1 is 1.05 bits per heavy atom. The lowest BCUT2D eigenvalue weighted by atomic mass is 9.85. The molecule has 0 aromatic heterocycles. The second-order valence-electron chi connectivity index (χ2n) is 10.3. The molecular weight excluding hydrogens is 502 g/mol. The zero-order valence-corrected chi connectivity index (χ0v) is 23.1. The van der Waals surface area contributed by atoms with Gasteiger partial charge in [-0.3, -0.25) is 4.79 Å². The van der Waals surface area contributed by atoms with E-state index in [1.165, 1.54) is 0 Å². The quantitative estimate of drug-likeness (QED) is 0.340. The number of rotatable bonds is 10. The number of primary sulfonamides is 1. The number of esters is 1. The number of hydrogen-bond donors (Lipinski definition) is 1. The summed E-state index contributed by atoms with van der Waals surface area (Å²) in [7, 11) is -2.08. The normalized spacial score (nSPS) is 14.7. The van der Waals surface area contributed by atoms with Gasteiger partial charge in [-0.1, -0.05) is 48.5 Å². The number of aryl methyl sites for hydroxylation is 1. The molecule has 38 heavy (non-hydrogen) atoms. The second-order valence-corrected chi connectivity index (χ2v) is 11.9. The third kappa shape index (κ3) is 6.19. The Morgan fingerprint density at radius 3 is 2.53 bits per heavy atom. The lowest BCUT2D eigenvalue weighted by Crippen LogP contribution is -2.26. The number of hydrogen-bond acceptors (Lipinski definition) is 6. The molecule has 0 bridgehead atoms. The van der Waals surface area contributed by atoms with E-state index in [1.54, 1.807) is 13.2 Å². The van der Waals surface area contributed by atoms with Crippen molar-refractivity contribution >= 4 is 16.0 Å². The molecule has 0 aliphatic carbocycles. The summed E-state index contributed by atoms with van der Waals surface area (Å²) in [6, 6.07) is 19.4. The summed E-state index contributed by atoms with van der Waals surface area (Å²) in [4.78, 5) is 12.3. The third-order valence-electron chi connectivity index (χ3n) is 6.84. The van der Waals surface area contributed by atoms with Crippen molar-refractivity contribution in [2.75, 3.05) is 13.7 Å². The summed E-state index contributed by atoms with van der Waals surface area (Å²) < 4.78 is 41.0. The second kappa shape index (κ2) is 11.2. The van der Waals surface area contributed by atoms with Crippen LogP contribution in [-0.2, 0) is 31.7 Å². The number of sulfonamides is 1. The molecule has 7 nitrogen and oxygen atoms in total. The van der Waals surface area contributed by atoms with Crippen LogP contribution in [0.2, 0.25) is 0 Å². The summed E-state index contributed by atoms with van der Waals surface area (Å²) >= 11 is 0. The number of benzene rings is 3. The maximum Gasteiger partial charge on any atom is 0.311 e. The van der Waals surface area contributed by atoms with E-state index < -0.39 is 21.5 Å². The zero-order valence-electron chi connectivity index (χ0n) is 22.3. The van der Waals surface area contributed by atoms with E-state index >= 15 is 0 Å². The van der Waals surface area contributed by atoms with Crippen LogP contribution in [0.3, 0.4) is 0 Å². The molecule has 1 atom stereocenters. The Labute approximate surface area is 225 Å². The average molecular weight is 538 g/mol. The molecule has 3 aromatic rings. The Balaban J connectivity index is 1.66. The number of carbonyl (C=O) groups is 1. The summed E-state index contributed by atoms with van der Waals surface area (Å²) in [5, 5.41) is 5.34. The molecule has 4 rings (SSSR count). The van der Waals surface area contributed by atoms with Gasteiger partial charge in [0.1, 0.15) is 17.6 Å². The Kier molecular flexibility index (Phi) is 8.13. The lowest BCUT2D eigenvalue weighted by Gasteiger charge is -2.31. The molecule has 0 saturated carbocycles. The number of nitrogens with two attached hydrogens (primary N) is 1. The molecule has 202 valence electrons. The molecule has 1 aliphatic rings. The Hall–Kier alpha value is -3.36. The fourth-order valence-electron chi connectivity index (χ4n) is 4.94. The van der Waals surface area contributed by atoms with Crippen LogP contribution in [0.1, 0.15) is 62.0 Å².